The van der Waals surface area contributed by atoms with Crippen molar-refractivity contribution < 1.29 is 4.74 Å². The summed E-state index contributed by atoms with van der Waals surface area (Å²) in [6, 6.07) is 0. The van der Waals surface area contributed by atoms with Crippen LogP contribution in [0.3, 0.4) is 0 Å². The highest BCUT2D eigenvalue weighted by atomic mass is 16.5. The standard InChI is InChI=1S/C23H44O/c1-4-6-7-8-9-10-20-11-13-21(14-12-20)22-15-18-23(24-3,17-5-2)19-16-22/h20-22H,4-19H2,1-3H3. The van der Waals surface area contributed by atoms with E-state index >= 15 is 0 Å². The molecule has 0 radical (unpaired) electrons. The minimum Gasteiger partial charge on any atom is -0.378 e. The van der Waals surface area contributed by atoms with Crippen molar-refractivity contribution in [2.24, 2.45) is 17.8 Å². The first-order chi connectivity index (χ1) is 11.7. The lowest BCUT2D eigenvalue weighted by atomic mass is 9.67. The molecule has 2 rings (SSSR count). The van der Waals surface area contributed by atoms with E-state index in [9.17, 15) is 0 Å². The van der Waals surface area contributed by atoms with Gasteiger partial charge >= 0.3 is 0 Å². The molecule has 0 bridgehead atoms. The van der Waals surface area contributed by atoms with Crippen LogP contribution in [0, 0.1) is 17.8 Å². The molecule has 0 unspecified atom stereocenters. The molecule has 0 saturated heterocycles. The second-order valence-electron chi connectivity index (χ2n) is 8.96. The number of hydrogen-bond donors (Lipinski definition) is 0. The summed E-state index contributed by atoms with van der Waals surface area (Å²) in [4.78, 5) is 0. The first kappa shape index (κ1) is 20.3. The molecule has 0 aliphatic heterocycles. The third-order valence-electron chi connectivity index (χ3n) is 7.35. The van der Waals surface area contributed by atoms with E-state index in [1.165, 1.54) is 103 Å². The monoisotopic (exact) mass is 336 g/mol. The lowest BCUT2D eigenvalue weighted by Crippen LogP contribution is -2.38. The van der Waals surface area contributed by atoms with Crippen LogP contribution < -0.4 is 0 Å². The fourth-order valence-corrected chi connectivity index (χ4v) is 5.63. The Morgan fingerprint density at radius 1 is 0.750 bits per heavy atom. The van der Waals surface area contributed by atoms with Gasteiger partial charge in [0, 0.05) is 7.11 Å². The summed E-state index contributed by atoms with van der Waals surface area (Å²) in [6.07, 6.45) is 22.9. The molecule has 24 heavy (non-hydrogen) atoms. The molecule has 0 amide bonds. The molecule has 2 aliphatic rings. The Hall–Kier alpha value is -0.0400. The summed E-state index contributed by atoms with van der Waals surface area (Å²) in [6.45, 7) is 4.61. The molecule has 1 nitrogen and oxygen atoms in total. The van der Waals surface area contributed by atoms with Crippen molar-refractivity contribution in [1.29, 1.82) is 0 Å². The molecule has 2 fully saturated rings. The Bertz CT molecular complexity index is 308. The number of hydrogen-bond acceptors (Lipinski definition) is 1. The molecule has 2 saturated carbocycles. The van der Waals surface area contributed by atoms with Crippen LogP contribution in [0.5, 0.6) is 0 Å². The second-order valence-corrected chi connectivity index (χ2v) is 8.96. The van der Waals surface area contributed by atoms with Crippen molar-refractivity contribution in [3.63, 3.8) is 0 Å². The third kappa shape index (κ3) is 6.04. The van der Waals surface area contributed by atoms with E-state index in [0.717, 1.165) is 17.8 Å². The molecular formula is C23H44O. The van der Waals surface area contributed by atoms with Gasteiger partial charge in [0.25, 0.3) is 0 Å². The minimum atomic E-state index is 0.237. The lowest BCUT2D eigenvalue weighted by molar-refractivity contribution is -0.0629. The van der Waals surface area contributed by atoms with Gasteiger partial charge < -0.3 is 4.74 Å². The van der Waals surface area contributed by atoms with Crippen molar-refractivity contribution in [3.05, 3.63) is 0 Å². The molecule has 0 spiro atoms. The topological polar surface area (TPSA) is 9.23 Å². The van der Waals surface area contributed by atoms with Gasteiger partial charge in [0.1, 0.15) is 0 Å². The van der Waals surface area contributed by atoms with Gasteiger partial charge in [-0.2, -0.15) is 0 Å². The van der Waals surface area contributed by atoms with Gasteiger partial charge in [0.15, 0.2) is 0 Å². The van der Waals surface area contributed by atoms with Crippen LogP contribution in [0.15, 0.2) is 0 Å². The molecule has 0 atom stereocenters. The zero-order chi connectivity index (χ0) is 17.3. The maximum absolute atomic E-state index is 5.94. The average molecular weight is 337 g/mol. The molecule has 0 aromatic heterocycles. The maximum atomic E-state index is 5.94. The molecule has 2 aliphatic carbocycles. The number of rotatable bonds is 10. The maximum Gasteiger partial charge on any atom is 0.0678 e. The van der Waals surface area contributed by atoms with Gasteiger partial charge in [-0.15, -0.1) is 0 Å². The summed E-state index contributed by atoms with van der Waals surface area (Å²) < 4.78 is 5.94. The summed E-state index contributed by atoms with van der Waals surface area (Å²) in [5.74, 6) is 3.11. The van der Waals surface area contributed by atoms with Crippen LogP contribution in [0.1, 0.15) is 117 Å². The van der Waals surface area contributed by atoms with E-state index in [-0.39, 0.29) is 5.60 Å². The molecular weight excluding hydrogens is 292 g/mol. The Balaban J connectivity index is 1.63. The summed E-state index contributed by atoms with van der Waals surface area (Å²) >= 11 is 0. The van der Waals surface area contributed by atoms with Crippen LogP contribution in [0.4, 0.5) is 0 Å². The normalized spacial score (nSPS) is 34.4. The van der Waals surface area contributed by atoms with Gasteiger partial charge in [-0.3, -0.25) is 0 Å². The Morgan fingerprint density at radius 2 is 1.38 bits per heavy atom. The number of ether oxygens (including phenoxy) is 1. The lowest BCUT2D eigenvalue weighted by Gasteiger charge is -2.43. The van der Waals surface area contributed by atoms with Crippen molar-refractivity contribution in [2.45, 2.75) is 122 Å². The fourth-order valence-electron chi connectivity index (χ4n) is 5.63. The third-order valence-corrected chi connectivity index (χ3v) is 7.35. The van der Waals surface area contributed by atoms with E-state index < -0.39 is 0 Å². The highest BCUT2D eigenvalue weighted by molar-refractivity contribution is 4.90. The van der Waals surface area contributed by atoms with Gasteiger partial charge in [-0.1, -0.05) is 71.6 Å². The van der Waals surface area contributed by atoms with E-state index in [1.807, 2.05) is 7.11 Å². The van der Waals surface area contributed by atoms with Crippen molar-refractivity contribution in [3.8, 4) is 0 Å². The van der Waals surface area contributed by atoms with Crippen molar-refractivity contribution >= 4 is 0 Å². The zero-order valence-electron chi connectivity index (χ0n) is 17.0. The highest BCUT2D eigenvalue weighted by Gasteiger charge is 2.37. The van der Waals surface area contributed by atoms with Crippen LogP contribution in [-0.4, -0.2) is 12.7 Å². The van der Waals surface area contributed by atoms with Crippen LogP contribution >= 0.6 is 0 Å². The van der Waals surface area contributed by atoms with Gasteiger partial charge in [0.2, 0.25) is 0 Å². The molecule has 1 heteroatoms. The van der Waals surface area contributed by atoms with E-state index in [1.54, 1.807) is 0 Å². The highest BCUT2D eigenvalue weighted by Crippen LogP contribution is 2.45. The first-order valence-corrected chi connectivity index (χ1v) is 11.3. The predicted octanol–water partition coefficient (Wildman–Crippen LogP) is 7.53. The van der Waals surface area contributed by atoms with Crippen LogP contribution in [0.2, 0.25) is 0 Å². The SMILES string of the molecule is CCCCCCCC1CCC(C2CCC(CCC)(OC)CC2)CC1. The predicted molar refractivity (Wildman–Crippen MR) is 105 cm³/mol. The second kappa shape index (κ2) is 10.8. The zero-order valence-corrected chi connectivity index (χ0v) is 17.0. The Morgan fingerprint density at radius 3 is 1.96 bits per heavy atom. The Labute approximate surface area is 152 Å². The largest absolute Gasteiger partial charge is 0.378 e. The van der Waals surface area contributed by atoms with E-state index in [2.05, 4.69) is 13.8 Å². The Kier molecular flexibility index (Phi) is 9.16. The van der Waals surface area contributed by atoms with Gasteiger partial charge in [-0.05, 0) is 62.7 Å². The molecule has 0 heterocycles. The molecule has 0 aromatic carbocycles. The van der Waals surface area contributed by atoms with Crippen molar-refractivity contribution in [1.82, 2.24) is 0 Å². The van der Waals surface area contributed by atoms with Gasteiger partial charge in [0.05, 0.1) is 5.60 Å². The minimum absolute atomic E-state index is 0.237. The quantitative estimate of drug-likeness (QED) is 0.375. The average Bonchev–Trinajstić information content (AvgIpc) is 2.63. The van der Waals surface area contributed by atoms with Crippen LogP contribution in [0.25, 0.3) is 0 Å². The van der Waals surface area contributed by atoms with Crippen molar-refractivity contribution in [2.75, 3.05) is 7.11 Å². The first-order valence-electron chi connectivity index (χ1n) is 11.3. The molecule has 142 valence electrons. The van der Waals surface area contributed by atoms with E-state index in [0.29, 0.717) is 0 Å². The number of unbranched alkanes of at least 4 members (excludes halogenated alkanes) is 4. The summed E-state index contributed by atoms with van der Waals surface area (Å²) in [5.41, 5.74) is 0.237. The molecule has 0 aromatic rings. The summed E-state index contributed by atoms with van der Waals surface area (Å²) in [5, 5.41) is 0. The molecule has 0 N–H and O–H groups in total. The number of methoxy groups -OCH3 is 1. The van der Waals surface area contributed by atoms with E-state index in [4.69, 9.17) is 4.74 Å². The van der Waals surface area contributed by atoms with Gasteiger partial charge in [-0.25, -0.2) is 0 Å². The summed E-state index contributed by atoms with van der Waals surface area (Å²) in [7, 11) is 1.95. The smallest absolute Gasteiger partial charge is 0.0678 e. The fraction of sp³-hybridized carbons (Fsp3) is 1.00. The van der Waals surface area contributed by atoms with Crippen LogP contribution in [-0.2, 0) is 4.74 Å².